The zero-order chi connectivity index (χ0) is 23.9. The van der Waals surface area contributed by atoms with Gasteiger partial charge in [-0.1, -0.05) is 35.3 Å². The molecule has 9 nitrogen and oxygen atoms in total. The number of aromatic nitrogens is 4. The van der Waals surface area contributed by atoms with E-state index < -0.39 is 11.4 Å². The number of fused-ring (bicyclic) bond motifs is 1. The van der Waals surface area contributed by atoms with Gasteiger partial charge in [0.05, 0.1) is 5.02 Å². The Hall–Kier alpha value is -3.24. The number of benzene rings is 2. The van der Waals surface area contributed by atoms with Crippen LogP contribution in [0.1, 0.15) is 12.8 Å². The van der Waals surface area contributed by atoms with E-state index in [-0.39, 0.29) is 0 Å². The molecule has 0 unspecified atom stereocenters. The number of carbonyl (C=O) groups excluding carboxylic acids is 1. The number of rotatable bonds is 5. The Balaban J connectivity index is 1.66. The minimum Gasteiger partial charge on any atom is -0.368 e. The average molecular weight is 498 g/mol. The van der Waals surface area contributed by atoms with Crippen LogP contribution in [0.4, 0.5) is 5.82 Å². The molecule has 34 heavy (non-hydrogen) atoms. The number of nitrogens with one attached hydrogen (secondary N) is 1. The van der Waals surface area contributed by atoms with E-state index in [9.17, 15) is 10.0 Å². The Kier molecular flexibility index (Phi) is 5.86. The van der Waals surface area contributed by atoms with Crippen molar-refractivity contribution in [1.82, 2.24) is 25.0 Å². The fourth-order valence-electron chi connectivity index (χ4n) is 4.28. The summed E-state index contributed by atoms with van der Waals surface area (Å²) in [4.78, 5) is 27.9. The Morgan fingerprint density at radius 2 is 1.76 bits per heavy atom. The summed E-state index contributed by atoms with van der Waals surface area (Å²) in [6, 6.07) is 14.9. The van der Waals surface area contributed by atoms with E-state index in [4.69, 9.17) is 33.9 Å². The van der Waals surface area contributed by atoms with Crippen LogP contribution >= 0.6 is 23.2 Å². The van der Waals surface area contributed by atoms with Crippen LogP contribution in [-0.2, 0) is 4.79 Å². The van der Waals surface area contributed by atoms with Gasteiger partial charge in [0.1, 0.15) is 17.7 Å². The number of nitrogens with zero attached hydrogens (tertiary/aromatic N) is 5. The molecule has 11 heteroatoms. The number of hydroxylamine groups is 1. The van der Waals surface area contributed by atoms with Crippen LogP contribution in [0.3, 0.4) is 0 Å². The maximum atomic E-state index is 11.9. The summed E-state index contributed by atoms with van der Waals surface area (Å²) in [5.74, 6) is 0.655. The maximum Gasteiger partial charge on any atom is 0.240 e. The van der Waals surface area contributed by atoms with E-state index in [0.29, 0.717) is 58.8 Å². The standard InChI is InChI=1S/C23H21Cl2N7O2/c24-14-5-7-15(8-6-14)32-19(16-3-1-2-4-17(16)25)29-18-20(27-13-28-21(18)32)31-11-9-23(30-34,10-12-31)22(26)33/h1-8,13,30,34H,9-12H2,(H2,26,33). The summed E-state index contributed by atoms with van der Waals surface area (Å²) in [5, 5.41) is 10.7. The molecule has 1 amide bonds. The zero-order valence-electron chi connectivity index (χ0n) is 17.9. The Labute approximate surface area is 205 Å². The van der Waals surface area contributed by atoms with Crippen molar-refractivity contribution in [2.24, 2.45) is 5.73 Å². The number of halogens is 2. The minimum absolute atomic E-state index is 0.319. The summed E-state index contributed by atoms with van der Waals surface area (Å²) in [6.07, 6.45) is 2.13. The zero-order valence-corrected chi connectivity index (χ0v) is 19.5. The van der Waals surface area contributed by atoms with Crippen LogP contribution in [0, 0.1) is 0 Å². The molecule has 4 aromatic rings. The summed E-state index contributed by atoms with van der Waals surface area (Å²) in [5.41, 5.74) is 9.25. The van der Waals surface area contributed by atoms with Gasteiger partial charge in [-0.3, -0.25) is 9.36 Å². The highest BCUT2D eigenvalue weighted by Crippen LogP contribution is 2.36. The Morgan fingerprint density at radius 1 is 1.06 bits per heavy atom. The van der Waals surface area contributed by atoms with E-state index in [2.05, 4.69) is 15.4 Å². The molecule has 0 bridgehead atoms. The molecule has 3 heterocycles. The first kappa shape index (κ1) is 22.5. The second-order valence-corrected chi connectivity index (χ2v) is 8.99. The molecule has 1 fully saturated rings. The average Bonchev–Trinajstić information content (AvgIpc) is 3.24. The van der Waals surface area contributed by atoms with Crippen molar-refractivity contribution >= 4 is 46.1 Å². The molecule has 5 rings (SSSR count). The van der Waals surface area contributed by atoms with E-state index in [0.717, 1.165) is 11.3 Å². The molecule has 0 radical (unpaired) electrons. The minimum atomic E-state index is -1.16. The second kappa shape index (κ2) is 8.84. The lowest BCUT2D eigenvalue weighted by molar-refractivity contribution is -0.130. The normalized spacial score (nSPS) is 15.6. The van der Waals surface area contributed by atoms with Crippen LogP contribution in [-0.4, -0.2) is 49.3 Å². The molecular formula is C23H21Cl2N7O2. The Bertz CT molecular complexity index is 1370. The summed E-state index contributed by atoms with van der Waals surface area (Å²) < 4.78 is 1.92. The monoisotopic (exact) mass is 497 g/mol. The van der Waals surface area contributed by atoms with Gasteiger partial charge in [0, 0.05) is 29.4 Å². The number of primary amides is 1. The number of amides is 1. The lowest BCUT2D eigenvalue weighted by atomic mass is 9.87. The van der Waals surface area contributed by atoms with E-state index in [1.807, 2.05) is 45.9 Å². The summed E-state index contributed by atoms with van der Waals surface area (Å²) in [7, 11) is 0. The first-order valence-corrected chi connectivity index (χ1v) is 11.4. The number of hydrogen-bond acceptors (Lipinski definition) is 7. The Morgan fingerprint density at radius 3 is 2.41 bits per heavy atom. The SMILES string of the molecule is NC(=O)C1(NO)CCN(c2ncnc3c2nc(-c2ccccc2Cl)n3-c2ccc(Cl)cc2)CC1. The summed E-state index contributed by atoms with van der Waals surface area (Å²) in [6.45, 7) is 0.885. The molecule has 1 aliphatic heterocycles. The van der Waals surface area contributed by atoms with Gasteiger partial charge in [0.2, 0.25) is 5.91 Å². The van der Waals surface area contributed by atoms with Crippen molar-refractivity contribution in [2.75, 3.05) is 18.0 Å². The number of piperidine rings is 1. The van der Waals surface area contributed by atoms with Gasteiger partial charge in [-0.15, -0.1) is 0 Å². The third-order valence-electron chi connectivity index (χ3n) is 6.23. The van der Waals surface area contributed by atoms with Crippen molar-refractivity contribution in [3.05, 3.63) is 64.9 Å². The highest BCUT2D eigenvalue weighted by Gasteiger charge is 2.40. The third kappa shape index (κ3) is 3.76. The molecule has 1 aliphatic rings. The largest absolute Gasteiger partial charge is 0.368 e. The van der Waals surface area contributed by atoms with Crippen molar-refractivity contribution in [2.45, 2.75) is 18.4 Å². The van der Waals surface area contributed by atoms with Crippen LogP contribution in [0.25, 0.3) is 28.2 Å². The fourth-order valence-corrected chi connectivity index (χ4v) is 4.63. The molecule has 1 saturated heterocycles. The molecule has 174 valence electrons. The molecule has 0 spiro atoms. The second-order valence-electron chi connectivity index (χ2n) is 8.14. The number of imidazole rings is 1. The van der Waals surface area contributed by atoms with Gasteiger partial charge in [-0.25, -0.2) is 15.0 Å². The van der Waals surface area contributed by atoms with Gasteiger partial charge >= 0.3 is 0 Å². The first-order chi connectivity index (χ1) is 16.4. The number of hydrogen-bond donors (Lipinski definition) is 3. The van der Waals surface area contributed by atoms with Crippen molar-refractivity contribution in [3.63, 3.8) is 0 Å². The molecule has 0 saturated carbocycles. The van der Waals surface area contributed by atoms with Crippen LogP contribution in [0.15, 0.2) is 54.9 Å². The predicted octanol–water partition coefficient (Wildman–Crippen LogP) is 3.59. The van der Waals surface area contributed by atoms with E-state index >= 15 is 0 Å². The summed E-state index contributed by atoms with van der Waals surface area (Å²) >= 11 is 12.7. The highest BCUT2D eigenvalue weighted by atomic mass is 35.5. The lowest BCUT2D eigenvalue weighted by Gasteiger charge is -2.38. The van der Waals surface area contributed by atoms with E-state index in [1.165, 1.54) is 6.33 Å². The van der Waals surface area contributed by atoms with Gasteiger partial charge in [-0.05, 0) is 49.2 Å². The molecule has 2 aromatic carbocycles. The topological polar surface area (TPSA) is 122 Å². The quantitative estimate of drug-likeness (QED) is 0.360. The number of anilines is 1. The van der Waals surface area contributed by atoms with Crippen LogP contribution in [0.5, 0.6) is 0 Å². The molecule has 2 aromatic heterocycles. The molecular weight excluding hydrogens is 477 g/mol. The van der Waals surface area contributed by atoms with Crippen molar-refractivity contribution < 1.29 is 10.0 Å². The van der Waals surface area contributed by atoms with Crippen molar-refractivity contribution in [1.29, 1.82) is 0 Å². The van der Waals surface area contributed by atoms with Gasteiger partial charge < -0.3 is 15.8 Å². The van der Waals surface area contributed by atoms with Gasteiger partial charge in [0.25, 0.3) is 0 Å². The number of carbonyl (C=O) groups is 1. The van der Waals surface area contributed by atoms with Crippen LogP contribution in [0.2, 0.25) is 10.0 Å². The predicted molar refractivity (Wildman–Crippen MR) is 130 cm³/mol. The number of nitrogens with two attached hydrogens (primary N) is 1. The maximum absolute atomic E-state index is 11.9. The van der Waals surface area contributed by atoms with E-state index in [1.54, 1.807) is 12.1 Å². The smallest absolute Gasteiger partial charge is 0.240 e. The fraction of sp³-hybridized carbons (Fsp3) is 0.217. The highest BCUT2D eigenvalue weighted by molar-refractivity contribution is 6.33. The molecule has 4 N–H and O–H groups in total. The molecule has 0 aliphatic carbocycles. The first-order valence-electron chi connectivity index (χ1n) is 10.6. The lowest BCUT2D eigenvalue weighted by Crippen LogP contribution is -2.60. The van der Waals surface area contributed by atoms with Gasteiger partial charge in [0.15, 0.2) is 17.0 Å². The van der Waals surface area contributed by atoms with Gasteiger partial charge in [-0.2, -0.15) is 5.48 Å². The third-order valence-corrected chi connectivity index (χ3v) is 6.81. The molecule has 0 atom stereocenters. The van der Waals surface area contributed by atoms with Crippen LogP contribution < -0.4 is 16.1 Å². The van der Waals surface area contributed by atoms with Crippen molar-refractivity contribution in [3.8, 4) is 17.1 Å².